The highest BCUT2D eigenvalue weighted by atomic mass is 16.5. The third kappa shape index (κ3) is 4.07. The number of carbonyl (C=O) groups excluding carboxylic acids is 1. The van der Waals surface area contributed by atoms with Crippen LogP contribution in [0.4, 0.5) is 4.79 Å². The van der Waals surface area contributed by atoms with Crippen LogP contribution >= 0.6 is 0 Å². The van der Waals surface area contributed by atoms with Gasteiger partial charge in [-0.3, -0.25) is 0 Å². The Bertz CT molecular complexity index is 995. The summed E-state index contributed by atoms with van der Waals surface area (Å²) in [5.41, 5.74) is 1.38. The number of rotatable bonds is 7. The summed E-state index contributed by atoms with van der Waals surface area (Å²) in [6.07, 6.45) is 6.38. The van der Waals surface area contributed by atoms with Gasteiger partial charge in [-0.05, 0) is 75.3 Å². The molecule has 2 aromatic carbocycles. The maximum Gasteiger partial charge on any atom is 0.321 e. The van der Waals surface area contributed by atoms with Crippen LogP contribution in [-0.4, -0.2) is 59.3 Å². The standard InChI is InChI=1S/C28H37N3O3/c1-29-28(23-7-4-3-5-8-23)17-15-26(16-18-28)20-30(19-22-9-11-24(34-2)12-10-22)25(32)31(26)21-27(33)13-6-14-27/h3-5,7-12,29,33H,6,13-21H2,1-2H3/t26-,28-. The van der Waals surface area contributed by atoms with Crippen molar-refractivity contribution in [2.45, 2.75) is 68.2 Å². The normalized spacial score (nSPS) is 28.3. The van der Waals surface area contributed by atoms with E-state index in [2.05, 4.69) is 42.7 Å². The number of benzene rings is 2. The number of carbonyl (C=O) groups is 1. The number of aliphatic hydroxyl groups is 1. The molecule has 5 rings (SSSR count). The molecule has 0 atom stereocenters. The molecule has 0 bridgehead atoms. The quantitative estimate of drug-likeness (QED) is 0.644. The molecule has 3 fully saturated rings. The largest absolute Gasteiger partial charge is 0.497 e. The first-order valence-electron chi connectivity index (χ1n) is 12.6. The van der Waals surface area contributed by atoms with E-state index in [0.29, 0.717) is 19.6 Å². The van der Waals surface area contributed by atoms with Crippen LogP contribution in [0.15, 0.2) is 54.6 Å². The van der Waals surface area contributed by atoms with Crippen molar-refractivity contribution < 1.29 is 14.6 Å². The molecule has 2 N–H and O–H groups in total. The molecule has 6 nitrogen and oxygen atoms in total. The van der Waals surface area contributed by atoms with Crippen molar-refractivity contribution in [2.75, 3.05) is 27.2 Å². The number of nitrogens with one attached hydrogen (secondary N) is 1. The fourth-order valence-electron chi connectivity index (χ4n) is 6.24. The second-order valence-electron chi connectivity index (χ2n) is 10.6. The first kappa shape index (κ1) is 23.2. The van der Waals surface area contributed by atoms with Gasteiger partial charge in [0.15, 0.2) is 0 Å². The first-order valence-corrected chi connectivity index (χ1v) is 12.6. The Kier molecular flexibility index (Phi) is 6.07. The Balaban J connectivity index is 1.39. The molecule has 182 valence electrons. The zero-order valence-electron chi connectivity index (χ0n) is 20.4. The van der Waals surface area contributed by atoms with Crippen LogP contribution in [0.1, 0.15) is 56.1 Å². The summed E-state index contributed by atoms with van der Waals surface area (Å²) in [5.74, 6) is 0.818. The molecule has 2 aromatic rings. The molecule has 2 aliphatic carbocycles. The van der Waals surface area contributed by atoms with Gasteiger partial charge in [-0.15, -0.1) is 0 Å². The van der Waals surface area contributed by atoms with Crippen LogP contribution in [0, 0.1) is 0 Å². The molecule has 0 aromatic heterocycles. The van der Waals surface area contributed by atoms with Crippen LogP contribution in [0.3, 0.4) is 0 Å². The molecule has 34 heavy (non-hydrogen) atoms. The Hall–Kier alpha value is -2.57. The van der Waals surface area contributed by atoms with E-state index in [1.165, 1.54) is 5.56 Å². The average Bonchev–Trinajstić information content (AvgIpc) is 3.10. The predicted octanol–water partition coefficient (Wildman–Crippen LogP) is 4.28. The number of ether oxygens (including phenoxy) is 1. The molecule has 1 aliphatic heterocycles. The minimum Gasteiger partial charge on any atom is -0.497 e. The van der Waals surface area contributed by atoms with E-state index in [1.807, 2.05) is 34.1 Å². The van der Waals surface area contributed by atoms with E-state index in [1.54, 1.807) is 7.11 Å². The van der Waals surface area contributed by atoms with Crippen molar-refractivity contribution in [1.29, 1.82) is 0 Å². The molecule has 1 heterocycles. The molecule has 2 saturated carbocycles. The van der Waals surface area contributed by atoms with Crippen molar-refractivity contribution in [3.63, 3.8) is 0 Å². The van der Waals surface area contributed by atoms with Gasteiger partial charge in [-0.2, -0.15) is 0 Å². The van der Waals surface area contributed by atoms with Crippen molar-refractivity contribution in [3.05, 3.63) is 65.7 Å². The van der Waals surface area contributed by atoms with Gasteiger partial charge in [0, 0.05) is 18.6 Å². The summed E-state index contributed by atoms with van der Waals surface area (Å²) in [4.78, 5) is 17.8. The Morgan fingerprint density at radius 3 is 2.21 bits per heavy atom. The number of hydrogen-bond donors (Lipinski definition) is 2. The van der Waals surface area contributed by atoms with E-state index in [4.69, 9.17) is 4.74 Å². The van der Waals surface area contributed by atoms with Crippen molar-refractivity contribution >= 4 is 6.03 Å². The van der Waals surface area contributed by atoms with Gasteiger partial charge >= 0.3 is 6.03 Å². The summed E-state index contributed by atoms with van der Waals surface area (Å²) < 4.78 is 5.29. The fourth-order valence-corrected chi connectivity index (χ4v) is 6.24. The molecule has 0 radical (unpaired) electrons. The summed E-state index contributed by atoms with van der Waals surface area (Å²) in [5, 5.41) is 14.6. The van der Waals surface area contributed by atoms with Crippen LogP contribution in [0.25, 0.3) is 0 Å². The first-order chi connectivity index (χ1) is 16.4. The van der Waals surface area contributed by atoms with Crippen LogP contribution < -0.4 is 10.1 Å². The van der Waals surface area contributed by atoms with Crippen molar-refractivity contribution in [2.24, 2.45) is 0 Å². The third-order valence-electron chi connectivity index (χ3n) is 8.67. The molecular weight excluding hydrogens is 426 g/mol. The molecule has 6 heteroatoms. The van der Waals surface area contributed by atoms with Gasteiger partial charge in [0.2, 0.25) is 0 Å². The Morgan fingerprint density at radius 1 is 0.971 bits per heavy atom. The lowest BCUT2D eigenvalue weighted by Crippen LogP contribution is -2.59. The van der Waals surface area contributed by atoms with Gasteiger partial charge in [0.05, 0.1) is 24.8 Å². The zero-order chi connectivity index (χ0) is 23.8. The molecule has 0 unspecified atom stereocenters. The van der Waals surface area contributed by atoms with E-state index in [0.717, 1.165) is 56.3 Å². The smallest absolute Gasteiger partial charge is 0.321 e. The number of amides is 2. The van der Waals surface area contributed by atoms with Crippen LogP contribution in [-0.2, 0) is 12.1 Å². The van der Waals surface area contributed by atoms with Gasteiger partial charge in [0.25, 0.3) is 0 Å². The second-order valence-corrected chi connectivity index (χ2v) is 10.6. The van der Waals surface area contributed by atoms with Crippen LogP contribution in [0.2, 0.25) is 0 Å². The summed E-state index contributed by atoms with van der Waals surface area (Å²) in [6, 6.07) is 18.7. The molecule has 1 saturated heterocycles. The van der Waals surface area contributed by atoms with Gasteiger partial charge in [-0.25, -0.2) is 4.79 Å². The Labute approximate surface area is 202 Å². The third-order valence-corrected chi connectivity index (χ3v) is 8.67. The number of nitrogens with zero attached hydrogens (tertiary/aromatic N) is 2. The van der Waals surface area contributed by atoms with E-state index >= 15 is 0 Å². The van der Waals surface area contributed by atoms with Crippen LogP contribution in [0.5, 0.6) is 5.75 Å². The van der Waals surface area contributed by atoms with E-state index in [-0.39, 0.29) is 17.1 Å². The van der Waals surface area contributed by atoms with Crippen molar-refractivity contribution in [3.8, 4) is 5.75 Å². The van der Waals surface area contributed by atoms with Gasteiger partial charge in [0.1, 0.15) is 5.75 Å². The highest BCUT2D eigenvalue weighted by molar-refractivity contribution is 5.78. The molecular formula is C28H37N3O3. The lowest BCUT2D eigenvalue weighted by atomic mass is 9.68. The number of urea groups is 1. The van der Waals surface area contributed by atoms with Gasteiger partial charge < -0.3 is 25.0 Å². The van der Waals surface area contributed by atoms with E-state index < -0.39 is 5.60 Å². The minimum atomic E-state index is -0.726. The van der Waals surface area contributed by atoms with E-state index in [9.17, 15) is 9.90 Å². The maximum absolute atomic E-state index is 13.7. The number of hydrogen-bond acceptors (Lipinski definition) is 4. The number of methoxy groups -OCH3 is 1. The lowest BCUT2D eigenvalue weighted by Gasteiger charge is -2.50. The summed E-state index contributed by atoms with van der Waals surface area (Å²) in [6.45, 7) is 1.74. The second kappa shape index (κ2) is 8.90. The lowest BCUT2D eigenvalue weighted by molar-refractivity contribution is -0.0690. The highest BCUT2D eigenvalue weighted by Crippen LogP contribution is 2.48. The monoisotopic (exact) mass is 463 g/mol. The molecule has 3 aliphatic rings. The summed E-state index contributed by atoms with van der Waals surface area (Å²) >= 11 is 0. The Morgan fingerprint density at radius 2 is 1.65 bits per heavy atom. The topological polar surface area (TPSA) is 65.0 Å². The average molecular weight is 464 g/mol. The molecule has 1 spiro atoms. The molecule has 2 amide bonds. The fraction of sp³-hybridized carbons (Fsp3) is 0.536. The SMILES string of the molecule is CN[C@]1(c2ccccc2)CC[C@@]2(CC1)CN(Cc1ccc(OC)cc1)C(=O)N2CC1(O)CCC1. The van der Waals surface area contributed by atoms with Crippen molar-refractivity contribution in [1.82, 2.24) is 15.1 Å². The maximum atomic E-state index is 13.7. The van der Waals surface area contributed by atoms with Gasteiger partial charge in [-0.1, -0.05) is 42.5 Å². The zero-order valence-corrected chi connectivity index (χ0v) is 20.4. The predicted molar refractivity (Wildman–Crippen MR) is 133 cm³/mol. The summed E-state index contributed by atoms with van der Waals surface area (Å²) in [7, 11) is 3.71. The number of β-amino-alcohol motifs (C(OH)–C–C–N with tert-alkyl or cyclic N) is 1. The highest BCUT2D eigenvalue weighted by Gasteiger charge is 2.55. The minimum absolute atomic E-state index is 0.0628.